The van der Waals surface area contributed by atoms with Crippen LogP contribution in [0.3, 0.4) is 0 Å². The predicted molar refractivity (Wildman–Crippen MR) is 103 cm³/mol. The van der Waals surface area contributed by atoms with E-state index in [0.717, 1.165) is 18.6 Å². The van der Waals surface area contributed by atoms with Gasteiger partial charge in [-0.3, -0.25) is 0 Å². The molecular formula is C17H27Cl2N3O. The maximum atomic E-state index is 6.13. The van der Waals surface area contributed by atoms with Gasteiger partial charge in [-0.15, -0.1) is 24.8 Å². The first kappa shape index (κ1) is 21.9. The Morgan fingerprint density at radius 2 is 1.57 bits per heavy atom. The van der Waals surface area contributed by atoms with Crippen LogP contribution in [-0.4, -0.2) is 62.2 Å². The number of halogens is 2. The van der Waals surface area contributed by atoms with Crippen LogP contribution < -0.4 is 4.74 Å². The Kier molecular flexibility index (Phi) is 9.47. The number of hydrogen-bond donors (Lipinski definition) is 0. The number of hydrogen-bond acceptors (Lipinski definition) is 4. The highest BCUT2D eigenvalue weighted by Crippen LogP contribution is 2.21. The Bertz CT molecular complexity index is 595. The van der Waals surface area contributed by atoms with Gasteiger partial charge in [0, 0.05) is 24.5 Å². The molecule has 0 radical (unpaired) electrons. The molecule has 0 aliphatic rings. The van der Waals surface area contributed by atoms with E-state index in [0.29, 0.717) is 5.88 Å². The lowest BCUT2D eigenvalue weighted by Crippen LogP contribution is -2.38. The maximum absolute atomic E-state index is 6.13. The zero-order valence-electron chi connectivity index (χ0n) is 14.4. The summed E-state index contributed by atoms with van der Waals surface area (Å²) in [5.74, 6) is 0.708. The van der Waals surface area contributed by atoms with Crippen molar-refractivity contribution in [2.45, 2.75) is 13.0 Å². The molecule has 2 rings (SSSR count). The number of likely N-dealkylation sites (N-methyl/N-ethyl adjacent to an activating group) is 2. The smallest absolute Gasteiger partial charge is 0.214 e. The molecular weight excluding hydrogens is 333 g/mol. The normalized spacial score (nSPS) is 10.8. The van der Waals surface area contributed by atoms with E-state index in [4.69, 9.17) is 4.74 Å². The summed E-state index contributed by atoms with van der Waals surface area (Å²) in [4.78, 5) is 8.91. The van der Waals surface area contributed by atoms with Crippen LogP contribution in [0.1, 0.15) is 5.56 Å². The molecule has 0 saturated heterocycles. The Morgan fingerprint density at radius 1 is 1.00 bits per heavy atom. The van der Waals surface area contributed by atoms with Crippen molar-refractivity contribution in [2.75, 3.05) is 41.3 Å². The van der Waals surface area contributed by atoms with Crippen LogP contribution in [0, 0.1) is 6.92 Å². The lowest BCUT2D eigenvalue weighted by molar-refractivity contribution is 0.124. The molecule has 1 heterocycles. The maximum Gasteiger partial charge on any atom is 0.214 e. The molecule has 1 aromatic heterocycles. The van der Waals surface area contributed by atoms with Gasteiger partial charge in [-0.05, 0) is 46.7 Å². The van der Waals surface area contributed by atoms with Crippen LogP contribution in [-0.2, 0) is 0 Å². The topological polar surface area (TPSA) is 28.6 Å². The fourth-order valence-electron chi connectivity index (χ4n) is 2.50. The van der Waals surface area contributed by atoms with Gasteiger partial charge in [0.2, 0.25) is 5.88 Å². The van der Waals surface area contributed by atoms with Gasteiger partial charge in [0.25, 0.3) is 0 Å². The SMILES string of the molecule is Cc1cc(OC(CN(C)C)CN(C)C)nc2ccccc12.Cl.Cl. The molecule has 1 aromatic carbocycles. The van der Waals surface area contributed by atoms with Crippen molar-refractivity contribution in [2.24, 2.45) is 0 Å². The van der Waals surface area contributed by atoms with Crippen LogP contribution in [0.15, 0.2) is 30.3 Å². The first-order valence-corrected chi connectivity index (χ1v) is 7.28. The van der Waals surface area contributed by atoms with Crippen molar-refractivity contribution in [1.82, 2.24) is 14.8 Å². The highest BCUT2D eigenvalue weighted by Gasteiger charge is 2.14. The Hall–Kier alpha value is -1.07. The highest BCUT2D eigenvalue weighted by atomic mass is 35.5. The van der Waals surface area contributed by atoms with Crippen molar-refractivity contribution in [3.63, 3.8) is 0 Å². The summed E-state index contributed by atoms with van der Waals surface area (Å²) in [5.41, 5.74) is 2.19. The van der Waals surface area contributed by atoms with Crippen molar-refractivity contribution >= 4 is 35.7 Å². The van der Waals surface area contributed by atoms with Gasteiger partial charge in [-0.25, -0.2) is 4.98 Å². The number of aromatic nitrogens is 1. The number of benzene rings is 1. The molecule has 2 aromatic rings. The summed E-state index contributed by atoms with van der Waals surface area (Å²) in [5, 5.41) is 1.18. The van der Waals surface area contributed by atoms with E-state index in [2.05, 4.69) is 56.0 Å². The summed E-state index contributed by atoms with van der Waals surface area (Å²) in [6.07, 6.45) is 0.100. The first-order chi connectivity index (χ1) is 9.95. The fourth-order valence-corrected chi connectivity index (χ4v) is 2.50. The zero-order valence-corrected chi connectivity index (χ0v) is 16.1. The number of fused-ring (bicyclic) bond motifs is 1. The zero-order chi connectivity index (χ0) is 15.4. The second-order valence-electron chi connectivity index (χ2n) is 6.06. The van der Waals surface area contributed by atoms with Crippen LogP contribution >= 0.6 is 24.8 Å². The standard InChI is InChI=1S/C17H25N3O.2ClH/c1-13-10-17(18-16-9-7-6-8-15(13)16)21-14(11-19(2)3)12-20(4)5;;/h6-10,14H,11-12H2,1-5H3;2*1H. The van der Waals surface area contributed by atoms with E-state index in [9.17, 15) is 0 Å². The van der Waals surface area contributed by atoms with Gasteiger partial charge in [0.05, 0.1) is 5.52 Å². The van der Waals surface area contributed by atoms with Gasteiger partial charge >= 0.3 is 0 Å². The minimum absolute atomic E-state index is 0. The van der Waals surface area contributed by atoms with Gasteiger partial charge in [0.1, 0.15) is 6.10 Å². The molecule has 0 fully saturated rings. The van der Waals surface area contributed by atoms with E-state index in [1.165, 1.54) is 10.9 Å². The minimum atomic E-state index is 0. The molecule has 0 spiro atoms. The van der Waals surface area contributed by atoms with Gasteiger partial charge < -0.3 is 14.5 Å². The summed E-state index contributed by atoms with van der Waals surface area (Å²) >= 11 is 0. The van der Waals surface area contributed by atoms with Crippen LogP contribution in [0.5, 0.6) is 5.88 Å². The molecule has 4 nitrogen and oxygen atoms in total. The molecule has 0 amide bonds. The predicted octanol–water partition coefficient (Wildman–Crippen LogP) is 3.26. The second kappa shape index (κ2) is 9.93. The number of pyridine rings is 1. The Balaban J connectivity index is 0.00000242. The number of para-hydroxylation sites is 1. The number of ether oxygens (including phenoxy) is 1. The van der Waals surface area contributed by atoms with Crippen LogP contribution in [0.25, 0.3) is 10.9 Å². The van der Waals surface area contributed by atoms with E-state index in [1.807, 2.05) is 24.3 Å². The lowest BCUT2D eigenvalue weighted by Gasteiger charge is -2.25. The average Bonchev–Trinajstić information content (AvgIpc) is 2.37. The molecule has 0 aliphatic carbocycles. The van der Waals surface area contributed by atoms with E-state index in [1.54, 1.807) is 0 Å². The van der Waals surface area contributed by atoms with Crippen molar-refractivity contribution in [3.8, 4) is 5.88 Å². The number of aryl methyl sites for hydroxylation is 1. The summed E-state index contributed by atoms with van der Waals surface area (Å²) < 4.78 is 6.13. The van der Waals surface area contributed by atoms with Crippen LogP contribution in [0.2, 0.25) is 0 Å². The molecule has 0 bridgehead atoms. The summed E-state index contributed by atoms with van der Waals surface area (Å²) in [6, 6.07) is 10.2. The van der Waals surface area contributed by atoms with Crippen molar-refractivity contribution < 1.29 is 4.74 Å². The van der Waals surface area contributed by atoms with Gasteiger partial charge in [-0.2, -0.15) is 0 Å². The quantitative estimate of drug-likeness (QED) is 0.791. The van der Waals surface area contributed by atoms with Crippen LogP contribution in [0.4, 0.5) is 0 Å². The highest BCUT2D eigenvalue weighted by molar-refractivity contribution is 5.85. The summed E-state index contributed by atoms with van der Waals surface area (Å²) in [7, 11) is 8.24. The molecule has 23 heavy (non-hydrogen) atoms. The number of nitrogens with zero attached hydrogens (tertiary/aromatic N) is 3. The minimum Gasteiger partial charge on any atom is -0.472 e. The third-order valence-corrected chi connectivity index (χ3v) is 3.32. The molecule has 0 aliphatic heterocycles. The van der Waals surface area contributed by atoms with E-state index >= 15 is 0 Å². The van der Waals surface area contributed by atoms with E-state index in [-0.39, 0.29) is 30.9 Å². The van der Waals surface area contributed by atoms with Crippen molar-refractivity contribution in [1.29, 1.82) is 0 Å². The molecule has 130 valence electrons. The molecule has 0 unspecified atom stereocenters. The molecule has 0 atom stereocenters. The van der Waals surface area contributed by atoms with Gasteiger partial charge in [0.15, 0.2) is 0 Å². The average molecular weight is 360 g/mol. The Labute approximate surface area is 151 Å². The third-order valence-electron chi connectivity index (χ3n) is 3.32. The molecule has 0 saturated carbocycles. The molecule has 6 heteroatoms. The lowest BCUT2D eigenvalue weighted by atomic mass is 10.1. The monoisotopic (exact) mass is 359 g/mol. The fraction of sp³-hybridized carbons (Fsp3) is 0.471. The van der Waals surface area contributed by atoms with Crippen molar-refractivity contribution in [3.05, 3.63) is 35.9 Å². The largest absolute Gasteiger partial charge is 0.472 e. The number of rotatable bonds is 6. The first-order valence-electron chi connectivity index (χ1n) is 7.28. The van der Waals surface area contributed by atoms with E-state index < -0.39 is 0 Å². The third kappa shape index (κ3) is 6.51. The second-order valence-corrected chi connectivity index (χ2v) is 6.06. The summed E-state index contributed by atoms with van der Waals surface area (Å²) in [6.45, 7) is 3.83. The van der Waals surface area contributed by atoms with Gasteiger partial charge in [-0.1, -0.05) is 18.2 Å². The molecule has 0 N–H and O–H groups in total. The Morgan fingerprint density at radius 3 is 2.13 bits per heavy atom.